The summed E-state index contributed by atoms with van der Waals surface area (Å²) in [5.41, 5.74) is 1.79. The molecule has 98 valence electrons. The van der Waals surface area contributed by atoms with Crippen LogP contribution in [0.2, 0.25) is 15.2 Å². The number of amides is 1. The minimum Gasteiger partial charge on any atom is -0.322 e. The Morgan fingerprint density at radius 2 is 1.95 bits per heavy atom. The van der Waals surface area contributed by atoms with Gasteiger partial charge in [-0.3, -0.25) is 4.79 Å². The maximum absolute atomic E-state index is 12.1. The summed E-state index contributed by atoms with van der Waals surface area (Å²) >= 11 is 17.6. The van der Waals surface area contributed by atoms with Gasteiger partial charge in [-0.15, -0.1) is 0 Å². The maximum Gasteiger partial charge on any atom is 0.257 e. The largest absolute Gasteiger partial charge is 0.322 e. The Kier molecular flexibility index (Phi) is 4.30. The predicted molar refractivity (Wildman–Crippen MR) is 78.4 cm³/mol. The molecule has 2 rings (SSSR count). The van der Waals surface area contributed by atoms with Gasteiger partial charge in [-0.25, -0.2) is 4.98 Å². The maximum atomic E-state index is 12.1. The third-order valence-corrected chi connectivity index (χ3v) is 3.26. The summed E-state index contributed by atoms with van der Waals surface area (Å²) in [6, 6.07) is 6.66. The summed E-state index contributed by atoms with van der Waals surface area (Å²) in [6.07, 6.45) is 1.34. The molecular weight excluding hydrogens is 307 g/mol. The Morgan fingerprint density at radius 3 is 2.68 bits per heavy atom. The Balaban J connectivity index is 2.30. The van der Waals surface area contributed by atoms with E-state index < -0.39 is 0 Å². The first kappa shape index (κ1) is 14.1. The van der Waals surface area contributed by atoms with Crippen molar-refractivity contribution in [1.82, 2.24) is 4.98 Å². The van der Waals surface area contributed by atoms with Crippen molar-refractivity contribution in [2.75, 3.05) is 5.32 Å². The first-order chi connectivity index (χ1) is 8.97. The van der Waals surface area contributed by atoms with Gasteiger partial charge in [-0.2, -0.15) is 0 Å². The minimum absolute atomic E-state index is 0.206. The van der Waals surface area contributed by atoms with E-state index in [1.807, 2.05) is 13.0 Å². The molecule has 0 bridgehead atoms. The molecule has 0 aliphatic rings. The number of aromatic nitrogens is 1. The Labute approximate surface area is 125 Å². The van der Waals surface area contributed by atoms with E-state index in [-0.39, 0.29) is 21.6 Å². The van der Waals surface area contributed by atoms with Crippen LogP contribution in [0.25, 0.3) is 0 Å². The van der Waals surface area contributed by atoms with Crippen molar-refractivity contribution in [3.63, 3.8) is 0 Å². The lowest BCUT2D eigenvalue weighted by molar-refractivity contribution is 0.102. The van der Waals surface area contributed by atoms with Gasteiger partial charge in [-0.05, 0) is 30.7 Å². The third kappa shape index (κ3) is 3.38. The molecule has 1 amide bonds. The summed E-state index contributed by atoms with van der Waals surface area (Å²) in [5, 5.41) is 3.73. The van der Waals surface area contributed by atoms with Crippen LogP contribution in [0.15, 0.2) is 30.5 Å². The molecule has 3 nitrogen and oxygen atoms in total. The van der Waals surface area contributed by atoms with E-state index in [4.69, 9.17) is 34.8 Å². The fraction of sp³-hybridized carbons (Fsp3) is 0.0769. The van der Waals surface area contributed by atoms with Crippen LogP contribution >= 0.6 is 34.8 Å². The SMILES string of the molecule is Cc1ccc(Cl)cc1NC(=O)c1cc(Cl)ncc1Cl. The number of nitrogens with zero attached hydrogens (tertiary/aromatic N) is 1. The smallest absolute Gasteiger partial charge is 0.257 e. The van der Waals surface area contributed by atoms with Crippen LogP contribution in [0.1, 0.15) is 15.9 Å². The number of benzene rings is 1. The van der Waals surface area contributed by atoms with Gasteiger partial charge in [0.15, 0.2) is 0 Å². The number of aryl methyl sites for hydroxylation is 1. The van der Waals surface area contributed by atoms with Crippen LogP contribution in [0, 0.1) is 6.92 Å². The van der Waals surface area contributed by atoms with Gasteiger partial charge in [0, 0.05) is 16.9 Å². The highest BCUT2D eigenvalue weighted by atomic mass is 35.5. The summed E-state index contributed by atoms with van der Waals surface area (Å²) in [7, 11) is 0. The van der Waals surface area contributed by atoms with Crippen LogP contribution in [-0.4, -0.2) is 10.9 Å². The average molecular weight is 316 g/mol. The zero-order valence-electron chi connectivity index (χ0n) is 9.88. The highest BCUT2D eigenvalue weighted by molar-refractivity contribution is 6.35. The van der Waals surface area contributed by atoms with Crippen molar-refractivity contribution < 1.29 is 4.79 Å². The number of anilines is 1. The molecule has 0 atom stereocenters. The first-order valence-corrected chi connectivity index (χ1v) is 6.49. The monoisotopic (exact) mass is 314 g/mol. The fourth-order valence-corrected chi connectivity index (χ4v) is 2.02. The number of hydrogen-bond acceptors (Lipinski definition) is 2. The third-order valence-electron chi connectivity index (χ3n) is 2.51. The van der Waals surface area contributed by atoms with Gasteiger partial charge in [0.2, 0.25) is 0 Å². The topological polar surface area (TPSA) is 42.0 Å². The molecule has 0 spiro atoms. The number of carbonyl (C=O) groups is 1. The molecule has 0 saturated heterocycles. The number of hydrogen-bond donors (Lipinski definition) is 1. The van der Waals surface area contributed by atoms with Gasteiger partial charge in [0.05, 0.1) is 10.6 Å². The molecule has 0 aliphatic heterocycles. The van der Waals surface area contributed by atoms with Crippen molar-refractivity contribution in [2.24, 2.45) is 0 Å². The first-order valence-electron chi connectivity index (χ1n) is 5.36. The van der Waals surface area contributed by atoms with Crippen molar-refractivity contribution in [3.8, 4) is 0 Å². The van der Waals surface area contributed by atoms with Crippen LogP contribution in [0.3, 0.4) is 0 Å². The zero-order valence-corrected chi connectivity index (χ0v) is 12.1. The zero-order chi connectivity index (χ0) is 14.0. The van der Waals surface area contributed by atoms with Crippen molar-refractivity contribution in [2.45, 2.75) is 6.92 Å². The van der Waals surface area contributed by atoms with Gasteiger partial charge >= 0.3 is 0 Å². The predicted octanol–water partition coefficient (Wildman–Crippen LogP) is 4.60. The highest BCUT2D eigenvalue weighted by Crippen LogP contribution is 2.23. The molecule has 0 radical (unpaired) electrons. The van der Waals surface area contributed by atoms with Gasteiger partial charge in [-0.1, -0.05) is 40.9 Å². The lowest BCUT2D eigenvalue weighted by atomic mass is 10.2. The van der Waals surface area contributed by atoms with E-state index >= 15 is 0 Å². The summed E-state index contributed by atoms with van der Waals surface area (Å²) in [6.45, 7) is 1.87. The summed E-state index contributed by atoms with van der Waals surface area (Å²) in [5.74, 6) is -0.361. The molecule has 0 saturated carbocycles. The Hall–Kier alpha value is -1.29. The molecule has 6 heteroatoms. The number of pyridine rings is 1. The lowest BCUT2D eigenvalue weighted by Crippen LogP contribution is -2.13. The molecule has 1 N–H and O–H groups in total. The van der Waals surface area contributed by atoms with Crippen molar-refractivity contribution in [1.29, 1.82) is 0 Å². The van der Waals surface area contributed by atoms with E-state index in [2.05, 4.69) is 10.3 Å². The normalized spacial score (nSPS) is 10.3. The number of carbonyl (C=O) groups excluding carboxylic acids is 1. The molecule has 1 aromatic heterocycles. The number of rotatable bonds is 2. The molecule has 0 aliphatic carbocycles. The van der Waals surface area contributed by atoms with Gasteiger partial charge < -0.3 is 5.32 Å². The van der Waals surface area contributed by atoms with Crippen LogP contribution < -0.4 is 5.32 Å². The molecule has 0 fully saturated rings. The average Bonchev–Trinajstić information content (AvgIpc) is 2.36. The molecular formula is C13H9Cl3N2O. The van der Waals surface area contributed by atoms with Gasteiger partial charge in [0.25, 0.3) is 5.91 Å². The van der Waals surface area contributed by atoms with Crippen molar-refractivity contribution in [3.05, 3.63) is 56.8 Å². The van der Waals surface area contributed by atoms with Crippen LogP contribution in [-0.2, 0) is 0 Å². The van der Waals surface area contributed by atoms with Crippen LogP contribution in [0.4, 0.5) is 5.69 Å². The van der Waals surface area contributed by atoms with E-state index in [9.17, 15) is 4.79 Å². The molecule has 2 aromatic rings. The molecule has 0 unspecified atom stereocenters. The minimum atomic E-state index is -0.361. The van der Waals surface area contributed by atoms with E-state index in [0.717, 1.165) is 5.56 Å². The molecule has 19 heavy (non-hydrogen) atoms. The van der Waals surface area contributed by atoms with E-state index in [1.54, 1.807) is 12.1 Å². The van der Waals surface area contributed by atoms with E-state index in [0.29, 0.717) is 10.7 Å². The standard InChI is InChI=1S/C13H9Cl3N2O/c1-7-2-3-8(14)4-11(7)18-13(19)9-5-12(16)17-6-10(9)15/h2-6H,1H3,(H,18,19). The Bertz CT molecular complexity index is 644. The highest BCUT2D eigenvalue weighted by Gasteiger charge is 2.13. The quantitative estimate of drug-likeness (QED) is 0.823. The lowest BCUT2D eigenvalue weighted by Gasteiger charge is -2.09. The summed E-state index contributed by atoms with van der Waals surface area (Å²) < 4.78 is 0. The van der Waals surface area contributed by atoms with E-state index in [1.165, 1.54) is 12.3 Å². The summed E-state index contributed by atoms with van der Waals surface area (Å²) in [4.78, 5) is 15.9. The second-order valence-corrected chi connectivity index (χ2v) is 5.13. The number of nitrogens with one attached hydrogen (secondary N) is 1. The Morgan fingerprint density at radius 1 is 1.21 bits per heavy atom. The molecule has 1 aromatic carbocycles. The van der Waals surface area contributed by atoms with Crippen molar-refractivity contribution >= 4 is 46.4 Å². The second kappa shape index (κ2) is 5.78. The fourth-order valence-electron chi connectivity index (χ4n) is 1.51. The second-order valence-electron chi connectivity index (χ2n) is 3.90. The molecule has 1 heterocycles. The van der Waals surface area contributed by atoms with Crippen LogP contribution in [0.5, 0.6) is 0 Å². The number of halogens is 3. The van der Waals surface area contributed by atoms with Gasteiger partial charge in [0.1, 0.15) is 5.15 Å².